The topological polar surface area (TPSA) is 98.1 Å². The number of methoxy groups -OCH3 is 1. The molecule has 0 atom stereocenters. The highest BCUT2D eigenvalue weighted by Gasteiger charge is 2.36. The van der Waals surface area contributed by atoms with Crippen LogP contribution in [0, 0.1) is 5.82 Å². The van der Waals surface area contributed by atoms with Crippen molar-refractivity contribution >= 4 is 35.5 Å². The van der Waals surface area contributed by atoms with Gasteiger partial charge in [0.2, 0.25) is 0 Å². The van der Waals surface area contributed by atoms with Crippen LogP contribution in [0.1, 0.15) is 16.9 Å². The number of amides is 4. The van der Waals surface area contributed by atoms with Gasteiger partial charge < -0.3 is 13.9 Å². The predicted octanol–water partition coefficient (Wildman–Crippen LogP) is 4.32. The maximum Gasteiger partial charge on any atom is 0.331 e. The average molecular weight is 485 g/mol. The highest BCUT2D eigenvalue weighted by atomic mass is 35.5. The van der Waals surface area contributed by atoms with E-state index in [0.717, 1.165) is 4.90 Å². The molecule has 2 heterocycles. The van der Waals surface area contributed by atoms with Crippen LogP contribution in [-0.4, -0.2) is 29.9 Å². The molecule has 4 amide bonds. The first-order valence-corrected chi connectivity index (χ1v) is 10.4. The molecule has 4 rings (SSSR count). The van der Waals surface area contributed by atoms with Crippen molar-refractivity contribution in [2.75, 3.05) is 7.11 Å². The molecule has 3 aromatic rings. The van der Waals surface area contributed by atoms with Crippen LogP contribution in [0.2, 0.25) is 5.02 Å². The summed E-state index contributed by atoms with van der Waals surface area (Å²) in [5, 5.41) is 2.29. The van der Waals surface area contributed by atoms with Crippen molar-refractivity contribution in [2.45, 2.75) is 13.2 Å². The van der Waals surface area contributed by atoms with Gasteiger partial charge >= 0.3 is 6.03 Å². The Bertz CT molecular complexity index is 1290. The average Bonchev–Trinajstić information content (AvgIpc) is 3.32. The molecule has 1 N–H and O–H groups in total. The third-order valence-electron chi connectivity index (χ3n) is 4.91. The molecule has 2 aromatic carbocycles. The first-order valence-electron chi connectivity index (χ1n) is 10.0. The molecule has 1 aliphatic heterocycles. The van der Waals surface area contributed by atoms with Gasteiger partial charge in [-0.1, -0.05) is 23.7 Å². The molecule has 0 spiro atoms. The molecular weight excluding hydrogens is 467 g/mol. The van der Waals surface area contributed by atoms with Crippen LogP contribution < -0.4 is 14.8 Å². The van der Waals surface area contributed by atoms with Gasteiger partial charge in [-0.2, -0.15) is 0 Å². The summed E-state index contributed by atoms with van der Waals surface area (Å²) >= 11 is 6.38. The minimum absolute atomic E-state index is 0.0407. The van der Waals surface area contributed by atoms with Gasteiger partial charge in [0.25, 0.3) is 11.8 Å². The summed E-state index contributed by atoms with van der Waals surface area (Å²) in [6.45, 7) is -0.0990. The number of halogens is 2. The normalized spacial score (nSPS) is 15.0. The van der Waals surface area contributed by atoms with E-state index in [1.165, 1.54) is 43.7 Å². The molecule has 0 radical (unpaired) electrons. The van der Waals surface area contributed by atoms with E-state index >= 15 is 0 Å². The molecule has 10 heteroatoms. The zero-order valence-corrected chi connectivity index (χ0v) is 18.6. The van der Waals surface area contributed by atoms with Gasteiger partial charge in [0.1, 0.15) is 23.8 Å². The second kappa shape index (κ2) is 9.80. The van der Waals surface area contributed by atoms with Gasteiger partial charge in [0.15, 0.2) is 11.5 Å². The number of barbiturate groups is 1. The molecule has 1 fully saturated rings. The number of furan rings is 1. The van der Waals surface area contributed by atoms with E-state index in [0.29, 0.717) is 16.9 Å². The predicted molar refractivity (Wildman–Crippen MR) is 120 cm³/mol. The summed E-state index contributed by atoms with van der Waals surface area (Å²) in [5.74, 6) is -1.19. The van der Waals surface area contributed by atoms with Crippen molar-refractivity contribution in [3.63, 3.8) is 0 Å². The van der Waals surface area contributed by atoms with Crippen LogP contribution in [0.15, 0.2) is 64.8 Å². The van der Waals surface area contributed by atoms with Crippen molar-refractivity contribution in [3.05, 3.63) is 88.1 Å². The molecular formula is C24H18ClFN2O6. The fourth-order valence-electron chi connectivity index (χ4n) is 3.31. The first kappa shape index (κ1) is 23.1. The maximum atomic E-state index is 13.4. The van der Waals surface area contributed by atoms with E-state index in [1.54, 1.807) is 24.3 Å². The minimum Gasteiger partial charge on any atom is -0.493 e. The Morgan fingerprint density at radius 1 is 1.15 bits per heavy atom. The molecule has 174 valence electrons. The molecule has 8 nitrogen and oxygen atoms in total. The van der Waals surface area contributed by atoms with Crippen molar-refractivity contribution < 1.29 is 32.7 Å². The molecule has 1 saturated heterocycles. The summed E-state index contributed by atoms with van der Waals surface area (Å²) in [6.07, 6.45) is 2.71. The Hall–Kier alpha value is -4.11. The van der Waals surface area contributed by atoms with Crippen LogP contribution >= 0.6 is 11.6 Å². The largest absolute Gasteiger partial charge is 0.493 e. The summed E-state index contributed by atoms with van der Waals surface area (Å²) in [7, 11) is 1.40. The van der Waals surface area contributed by atoms with Gasteiger partial charge in [-0.3, -0.25) is 19.8 Å². The number of nitrogens with one attached hydrogen (secondary N) is 1. The van der Waals surface area contributed by atoms with Crippen molar-refractivity contribution in [1.29, 1.82) is 0 Å². The van der Waals surface area contributed by atoms with Crippen LogP contribution in [-0.2, 0) is 22.7 Å². The Balaban J connectivity index is 1.59. The van der Waals surface area contributed by atoms with Gasteiger partial charge in [0.05, 0.1) is 24.9 Å². The summed E-state index contributed by atoms with van der Waals surface area (Å²) in [6, 6.07) is 11.3. The van der Waals surface area contributed by atoms with Crippen LogP contribution in [0.3, 0.4) is 0 Å². The number of benzene rings is 2. The number of ether oxygens (including phenoxy) is 2. The zero-order valence-electron chi connectivity index (χ0n) is 17.8. The Kier molecular flexibility index (Phi) is 6.65. The number of urea groups is 1. The van der Waals surface area contributed by atoms with Crippen LogP contribution in [0.4, 0.5) is 9.18 Å². The lowest BCUT2D eigenvalue weighted by molar-refractivity contribution is -0.130. The fraction of sp³-hybridized carbons (Fsp3) is 0.125. The highest BCUT2D eigenvalue weighted by Crippen LogP contribution is 2.37. The van der Waals surface area contributed by atoms with E-state index in [1.807, 2.05) is 0 Å². The zero-order chi connectivity index (χ0) is 24.2. The highest BCUT2D eigenvalue weighted by molar-refractivity contribution is 6.33. The molecule has 0 aliphatic carbocycles. The second-order valence-corrected chi connectivity index (χ2v) is 7.65. The number of nitrogens with zero attached hydrogens (tertiary/aromatic N) is 1. The maximum absolute atomic E-state index is 13.4. The quantitative estimate of drug-likeness (QED) is 0.396. The van der Waals surface area contributed by atoms with Gasteiger partial charge in [0, 0.05) is 0 Å². The van der Waals surface area contributed by atoms with E-state index in [-0.39, 0.29) is 35.2 Å². The van der Waals surface area contributed by atoms with Gasteiger partial charge in [-0.25, -0.2) is 9.18 Å². The number of carbonyl (C=O) groups excluding carboxylic acids is 3. The van der Waals surface area contributed by atoms with Gasteiger partial charge in [-0.05, 0) is 53.6 Å². The SMILES string of the molecule is COc1cc(C=C2C(=O)NC(=O)N(Cc3ccco3)C2=O)cc(Cl)c1OCc1cccc(F)c1. The lowest BCUT2D eigenvalue weighted by atomic mass is 10.1. The Labute approximate surface area is 198 Å². The van der Waals surface area contributed by atoms with Gasteiger partial charge in [-0.15, -0.1) is 0 Å². The lowest BCUT2D eigenvalue weighted by Crippen LogP contribution is -2.53. The molecule has 1 aliphatic rings. The number of carbonyl (C=O) groups is 3. The number of hydrogen-bond acceptors (Lipinski definition) is 6. The second-order valence-electron chi connectivity index (χ2n) is 7.24. The summed E-state index contributed by atoms with van der Waals surface area (Å²) in [4.78, 5) is 38.3. The van der Waals surface area contributed by atoms with Crippen molar-refractivity contribution in [2.24, 2.45) is 0 Å². The molecule has 0 saturated carbocycles. The smallest absolute Gasteiger partial charge is 0.331 e. The van der Waals surface area contributed by atoms with Crippen molar-refractivity contribution in [1.82, 2.24) is 10.2 Å². The monoisotopic (exact) mass is 484 g/mol. The first-order chi connectivity index (χ1) is 16.4. The summed E-state index contributed by atoms with van der Waals surface area (Å²) in [5.41, 5.74) is 0.693. The van der Waals surface area contributed by atoms with Crippen LogP contribution in [0.5, 0.6) is 11.5 Å². The van der Waals surface area contributed by atoms with E-state index in [9.17, 15) is 18.8 Å². The van der Waals surface area contributed by atoms with E-state index in [4.69, 9.17) is 25.5 Å². The van der Waals surface area contributed by atoms with E-state index in [2.05, 4.69) is 5.32 Å². The Morgan fingerprint density at radius 2 is 1.97 bits per heavy atom. The standard InChI is InChI=1S/C24H18ClFN2O6/c1-32-20-11-15(10-19(25)21(20)34-13-14-4-2-5-16(26)8-14)9-18-22(29)27-24(31)28(23(18)30)12-17-6-3-7-33-17/h2-11H,12-13H2,1H3,(H,27,29,31). The molecule has 1 aromatic heterocycles. The van der Waals surface area contributed by atoms with E-state index < -0.39 is 23.7 Å². The number of rotatable bonds is 7. The molecule has 0 bridgehead atoms. The summed E-state index contributed by atoms with van der Waals surface area (Å²) < 4.78 is 29.7. The lowest BCUT2D eigenvalue weighted by Gasteiger charge is -2.25. The Morgan fingerprint density at radius 3 is 2.68 bits per heavy atom. The number of imide groups is 2. The third-order valence-corrected chi connectivity index (χ3v) is 5.20. The molecule has 0 unspecified atom stereocenters. The number of hydrogen-bond donors (Lipinski definition) is 1. The fourth-order valence-corrected chi connectivity index (χ4v) is 3.58. The third kappa shape index (κ3) is 4.94. The van der Waals surface area contributed by atoms with Crippen molar-refractivity contribution in [3.8, 4) is 11.5 Å². The minimum atomic E-state index is -0.847. The molecule has 34 heavy (non-hydrogen) atoms. The van der Waals surface area contributed by atoms with Crippen LogP contribution in [0.25, 0.3) is 6.08 Å².